The second-order valence-corrected chi connectivity index (χ2v) is 9.59. The van der Waals surface area contributed by atoms with Gasteiger partial charge in [-0.25, -0.2) is 4.68 Å². The van der Waals surface area contributed by atoms with Gasteiger partial charge in [-0.05, 0) is 46.5 Å². The van der Waals surface area contributed by atoms with Gasteiger partial charge in [-0.1, -0.05) is 55.7 Å². The van der Waals surface area contributed by atoms with E-state index in [-0.39, 0.29) is 6.04 Å². The molecule has 8 heteroatoms. The van der Waals surface area contributed by atoms with Crippen LogP contribution in [0.1, 0.15) is 61.1 Å². The van der Waals surface area contributed by atoms with Gasteiger partial charge in [0.25, 0.3) is 0 Å². The number of benzene rings is 2. The molecule has 2 aliphatic rings. The quantitative estimate of drug-likeness (QED) is 0.485. The Bertz CT molecular complexity index is 1070. The third-order valence-corrected chi connectivity index (χ3v) is 7.43. The minimum Gasteiger partial charge on any atom is -0.493 e. The molecule has 5 rings (SSSR count). The highest BCUT2D eigenvalue weighted by molar-refractivity contribution is 5.45. The van der Waals surface area contributed by atoms with Gasteiger partial charge in [0.1, 0.15) is 0 Å². The molecule has 2 fully saturated rings. The number of ether oxygens (including phenoxy) is 2. The van der Waals surface area contributed by atoms with Crippen LogP contribution in [-0.4, -0.2) is 70.4 Å². The van der Waals surface area contributed by atoms with Crippen LogP contribution in [0.25, 0.3) is 0 Å². The molecule has 1 saturated heterocycles. The Morgan fingerprint density at radius 1 is 0.886 bits per heavy atom. The number of methoxy groups -OCH3 is 2. The molecule has 0 spiro atoms. The predicted molar refractivity (Wildman–Crippen MR) is 135 cm³/mol. The van der Waals surface area contributed by atoms with Gasteiger partial charge in [-0.15, -0.1) is 5.10 Å². The SMILES string of the molecule is COc1ccc(C(c2nnnn2C2CCCCC2)N2CCN(Cc3ccccc3)CC2)cc1OC. The Kier molecular flexibility index (Phi) is 7.59. The van der Waals surface area contributed by atoms with Crippen LogP contribution >= 0.6 is 0 Å². The Morgan fingerprint density at radius 2 is 1.63 bits per heavy atom. The molecule has 1 aliphatic heterocycles. The Hall–Kier alpha value is -2.97. The summed E-state index contributed by atoms with van der Waals surface area (Å²) < 4.78 is 13.3. The molecule has 1 aromatic heterocycles. The maximum atomic E-state index is 5.65. The van der Waals surface area contributed by atoms with Crippen LogP contribution in [0.2, 0.25) is 0 Å². The molecule has 2 heterocycles. The van der Waals surface area contributed by atoms with Gasteiger partial charge in [0.05, 0.1) is 26.3 Å². The van der Waals surface area contributed by atoms with E-state index in [9.17, 15) is 0 Å². The zero-order valence-corrected chi connectivity index (χ0v) is 20.8. The number of hydrogen-bond donors (Lipinski definition) is 0. The first-order valence-corrected chi connectivity index (χ1v) is 12.8. The average molecular weight is 477 g/mol. The molecule has 0 amide bonds. The smallest absolute Gasteiger partial charge is 0.173 e. The van der Waals surface area contributed by atoms with Crippen molar-refractivity contribution in [2.45, 2.75) is 50.7 Å². The van der Waals surface area contributed by atoms with Crippen molar-refractivity contribution in [1.82, 2.24) is 30.0 Å². The highest BCUT2D eigenvalue weighted by Gasteiger charge is 2.33. The second-order valence-electron chi connectivity index (χ2n) is 9.59. The Balaban J connectivity index is 1.42. The summed E-state index contributed by atoms with van der Waals surface area (Å²) in [5.41, 5.74) is 2.49. The number of nitrogens with zero attached hydrogens (tertiary/aromatic N) is 6. The van der Waals surface area contributed by atoms with Gasteiger partial charge in [0.15, 0.2) is 17.3 Å². The van der Waals surface area contributed by atoms with E-state index in [2.05, 4.69) is 72.5 Å². The summed E-state index contributed by atoms with van der Waals surface area (Å²) in [6.07, 6.45) is 6.06. The molecule has 1 saturated carbocycles. The van der Waals surface area contributed by atoms with E-state index in [1.54, 1.807) is 14.2 Å². The molecule has 186 valence electrons. The van der Waals surface area contributed by atoms with Crippen molar-refractivity contribution >= 4 is 0 Å². The molecule has 3 aromatic rings. The van der Waals surface area contributed by atoms with Gasteiger partial charge in [0.2, 0.25) is 0 Å². The van der Waals surface area contributed by atoms with E-state index in [0.29, 0.717) is 6.04 Å². The summed E-state index contributed by atoms with van der Waals surface area (Å²) in [6, 6.07) is 17.2. The summed E-state index contributed by atoms with van der Waals surface area (Å²) in [6.45, 7) is 4.88. The first kappa shape index (κ1) is 23.8. The van der Waals surface area contributed by atoms with Gasteiger partial charge < -0.3 is 9.47 Å². The van der Waals surface area contributed by atoms with Gasteiger partial charge in [-0.2, -0.15) is 0 Å². The number of aromatic nitrogens is 4. The van der Waals surface area contributed by atoms with Crippen LogP contribution in [0, 0.1) is 0 Å². The van der Waals surface area contributed by atoms with Crippen LogP contribution in [0.5, 0.6) is 11.5 Å². The van der Waals surface area contributed by atoms with Crippen molar-refractivity contribution < 1.29 is 9.47 Å². The van der Waals surface area contributed by atoms with Crippen LogP contribution < -0.4 is 9.47 Å². The van der Waals surface area contributed by atoms with Crippen molar-refractivity contribution in [3.05, 3.63) is 65.5 Å². The maximum absolute atomic E-state index is 5.65. The van der Waals surface area contributed by atoms with E-state index < -0.39 is 0 Å². The highest BCUT2D eigenvalue weighted by Crippen LogP contribution is 2.37. The standard InChI is InChI=1S/C27H36N6O2/c1-34-24-14-13-22(19-25(24)35-2)26(27-28-29-30-33(27)23-11-7-4-8-12-23)32-17-15-31(16-18-32)20-21-9-5-3-6-10-21/h3,5-6,9-10,13-14,19,23,26H,4,7-8,11-12,15-18,20H2,1-2H3. The summed E-state index contributed by atoms with van der Waals surface area (Å²) in [5.74, 6) is 2.39. The minimum atomic E-state index is -0.0365. The number of hydrogen-bond acceptors (Lipinski definition) is 7. The fourth-order valence-corrected chi connectivity index (χ4v) is 5.53. The molecule has 8 nitrogen and oxygen atoms in total. The summed E-state index contributed by atoms with van der Waals surface area (Å²) in [4.78, 5) is 5.05. The molecule has 35 heavy (non-hydrogen) atoms. The molecule has 0 radical (unpaired) electrons. The lowest BCUT2D eigenvalue weighted by atomic mass is 9.95. The third-order valence-electron chi connectivity index (χ3n) is 7.43. The molecule has 0 N–H and O–H groups in total. The average Bonchev–Trinajstić information content (AvgIpc) is 3.40. The lowest BCUT2D eigenvalue weighted by Gasteiger charge is -2.39. The lowest BCUT2D eigenvalue weighted by molar-refractivity contribution is 0.0985. The Labute approximate surface area is 207 Å². The molecule has 1 unspecified atom stereocenters. The molecule has 2 aromatic carbocycles. The topological polar surface area (TPSA) is 68.5 Å². The maximum Gasteiger partial charge on any atom is 0.173 e. The van der Waals surface area contributed by atoms with E-state index in [0.717, 1.165) is 68.5 Å². The van der Waals surface area contributed by atoms with Crippen molar-refractivity contribution in [2.75, 3.05) is 40.4 Å². The summed E-state index contributed by atoms with van der Waals surface area (Å²) in [7, 11) is 3.36. The van der Waals surface area contributed by atoms with Crippen LogP contribution in [0.15, 0.2) is 48.5 Å². The first-order valence-electron chi connectivity index (χ1n) is 12.8. The lowest BCUT2D eigenvalue weighted by Crippen LogP contribution is -2.48. The van der Waals surface area contributed by atoms with Crippen molar-refractivity contribution in [2.24, 2.45) is 0 Å². The van der Waals surface area contributed by atoms with Crippen molar-refractivity contribution in [3.8, 4) is 11.5 Å². The normalized spacial score (nSPS) is 18.9. The van der Waals surface area contributed by atoms with E-state index in [4.69, 9.17) is 9.47 Å². The predicted octanol–water partition coefficient (Wildman–Crippen LogP) is 4.10. The van der Waals surface area contributed by atoms with Gasteiger partial charge >= 0.3 is 0 Å². The monoisotopic (exact) mass is 476 g/mol. The minimum absolute atomic E-state index is 0.0365. The van der Waals surface area contributed by atoms with Gasteiger partial charge in [-0.3, -0.25) is 9.80 Å². The zero-order chi connectivity index (χ0) is 24.0. The largest absolute Gasteiger partial charge is 0.493 e. The van der Waals surface area contributed by atoms with Crippen LogP contribution in [0.3, 0.4) is 0 Å². The number of piperazine rings is 1. The molecule has 0 bridgehead atoms. The highest BCUT2D eigenvalue weighted by atomic mass is 16.5. The molecule has 1 atom stereocenters. The zero-order valence-electron chi connectivity index (χ0n) is 20.8. The van der Waals surface area contributed by atoms with Crippen molar-refractivity contribution in [3.63, 3.8) is 0 Å². The molecular weight excluding hydrogens is 440 g/mol. The van der Waals surface area contributed by atoms with E-state index in [1.165, 1.54) is 24.8 Å². The fraction of sp³-hybridized carbons (Fsp3) is 0.519. The summed E-state index contributed by atoms with van der Waals surface area (Å²) in [5, 5.41) is 13.2. The fourth-order valence-electron chi connectivity index (χ4n) is 5.53. The van der Waals surface area contributed by atoms with Crippen LogP contribution in [-0.2, 0) is 6.54 Å². The number of tetrazole rings is 1. The van der Waals surface area contributed by atoms with Crippen molar-refractivity contribution in [1.29, 1.82) is 0 Å². The summed E-state index contributed by atoms with van der Waals surface area (Å²) >= 11 is 0. The van der Waals surface area contributed by atoms with Crippen LogP contribution in [0.4, 0.5) is 0 Å². The second kappa shape index (κ2) is 11.2. The van der Waals surface area contributed by atoms with E-state index in [1.807, 2.05) is 6.07 Å². The van der Waals surface area contributed by atoms with Gasteiger partial charge in [0, 0.05) is 32.7 Å². The molecule has 1 aliphatic carbocycles. The third kappa shape index (κ3) is 5.33. The molecular formula is C27H36N6O2. The first-order chi connectivity index (χ1) is 17.3. The number of rotatable bonds is 8. The van der Waals surface area contributed by atoms with E-state index >= 15 is 0 Å². The Morgan fingerprint density at radius 3 is 2.34 bits per heavy atom.